The van der Waals surface area contributed by atoms with E-state index in [4.69, 9.17) is 4.74 Å². The third-order valence-electron chi connectivity index (χ3n) is 2.11. The standard InChI is InChI=1S/C11H14BrFO/c1-3-8(2)7-14-11-6-9(12)4-5-10(11)13/h4-6,8H,3,7H2,1-2H3. The number of rotatable bonds is 4. The molecule has 0 saturated carbocycles. The SMILES string of the molecule is CCC(C)COc1cc(Br)ccc1F. The lowest BCUT2D eigenvalue weighted by Gasteiger charge is -2.11. The Morgan fingerprint density at radius 2 is 2.21 bits per heavy atom. The van der Waals surface area contributed by atoms with E-state index >= 15 is 0 Å². The van der Waals surface area contributed by atoms with Crippen LogP contribution in [0, 0.1) is 11.7 Å². The highest BCUT2D eigenvalue weighted by Crippen LogP contribution is 2.22. The third-order valence-corrected chi connectivity index (χ3v) is 2.61. The first-order valence-electron chi connectivity index (χ1n) is 4.71. The normalized spacial score (nSPS) is 12.6. The van der Waals surface area contributed by atoms with Gasteiger partial charge >= 0.3 is 0 Å². The highest BCUT2D eigenvalue weighted by molar-refractivity contribution is 9.10. The molecule has 1 aromatic carbocycles. The Hall–Kier alpha value is -0.570. The quantitative estimate of drug-likeness (QED) is 0.795. The van der Waals surface area contributed by atoms with Gasteiger partial charge in [0, 0.05) is 4.47 Å². The molecule has 0 amide bonds. The maximum absolute atomic E-state index is 13.2. The molecule has 1 rings (SSSR count). The fourth-order valence-corrected chi connectivity index (χ4v) is 1.28. The van der Waals surface area contributed by atoms with Gasteiger partial charge in [-0.2, -0.15) is 0 Å². The molecule has 14 heavy (non-hydrogen) atoms. The second kappa shape index (κ2) is 5.35. The zero-order chi connectivity index (χ0) is 10.6. The van der Waals surface area contributed by atoms with Crippen LogP contribution in [0.4, 0.5) is 4.39 Å². The van der Waals surface area contributed by atoms with Crippen LogP contribution in [-0.2, 0) is 0 Å². The van der Waals surface area contributed by atoms with Gasteiger partial charge in [0.05, 0.1) is 6.61 Å². The molecule has 0 radical (unpaired) electrons. The van der Waals surface area contributed by atoms with E-state index < -0.39 is 0 Å². The Bertz CT molecular complexity index is 301. The van der Waals surface area contributed by atoms with Gasteiger partial charge in [-0.15, -0.1) is 0 Å². The Morgan fingerprint density at radius 3 is 2.86 bits per heavy atom. The van der Waals surface area contributed by atoms with Crippen LogP contribution in [0.5, 0.6) is 5.75 Å². The zero-order valence-electron chi connectivity index (χ0n) is 8.39. The van der Waals surface area contributed by atoms with Crippen LogP contribution in [0.15, 0.2) is 22.7 Å². The van der Waals surface area contributed by atoms with Crippen molar-refractivity contribution in [3.63, 3.8) is 0 Å². The summed E-state index contributed by atoms with van der Waals surface area (Å²) in [6.07, 6.45) is 1.04. The van der Waals surface area contributed by atoms with E-state index in [1.807, 2.05) is 0 Å². The minimum absolute atomic E-state index is 0.309. The molecule has 0 saturated heterocycles. The molecule has 1 unspecified atom stereocenters. The lowest BCUT2D eigenvalue weighted by atomic mass is 10.1. The molecule has 0 heterocycles. The van der Waals surface area contributed by atoms with Gasteiger partial charge in [-0.1, -0.05) is 36.2 Å². The van der Waals surface area contributed by atoms with Gasteiger partial charge in [0.15, 0.2) is 11.6 Å². The van der Waals surface area contributed by atoms with Gasteiger partial charge in [0.25, 0.3) is 0 Å². The lowest BCUT2D eigenvalue weighted by Crippen LogP contribution is -2.08. The Kier molecular flexibility index (Phi) is 4.39. The van der Waals surface area contributed by atoms with E-state index in [2.05, 4.69) is 29.8 Å². The molecule has 1 aromatic rings. The van der Waals surface area contributed by atoms with Crippen molar-refractivity contribution in [1.82, 2.24) is 0 Å². The number of benzene rings is 1. The van der Waals surface area contributed by atoms with Crippen molar-refractivity contribution in [3.05, 3.63) is 28.5 Å². The second-order valence-corrected chi connectivity index (χ2v) is 4.31. The van der Waals surface area contributed by atoms with Gasteiger partial charge in [0.2, 0.25) is 0 Å². The molecule has 0 bridgehead atoms. The fraction of sp³-hybridized carbons (Fsp3) is 0.455. The van der Waals surface area contributed by atoms with Gasteiger partial charge < -0.3 is 4.74 Å². The number of ether oxygens (including phenoxy) is 1. The molecule has 0 spiro atoms. The monoisotopic (exact) mass is 260 g/mol. The van der Waals surface area contributed by atoms with Crippen LogP contribution in [0.1, 0.15) is 20.3 Å². The predicted molar refractivity (Wildman–Crippen MR) is 59.1 cm³/mol. The summed E-state index contributed by atoms with van der Waals surface area (Å²) in [5.41, 5.74) is 0. The third kappa shape index (κ3) is 3.29. The van der Waals surface area contributed by atoms with Crippen molar-refractivity contribution in [2.75, 3.05) is 6.61 Å². The highest BCUT2D eigenvalue weighted by Gasteiger charge is 2.05. The van der Waals surface area contributed by atoms with Crippen molar-refractivity contribution in [1.29, 1.82) is 0 Å². The van der Waals surface area contributed by atoms with Crippen molar-refractivity contribution >= 4 is 15.9 Å². The summed E-state index contributed by atoms with van der Waals surface area (Å²) < 4.78 is 19.4. The minimum Gasteiger partial charge on any atom is -0.490 e. The maximum atomic E-state index is 13.2. The summed E-state index contributed by atoms with van der Waals surface area (Å²) in [7, 11) is 0. The summed E-state index contributed by atoms with van der Waals surface area (Å²) in [5.74, 6) is 0.463. The molecule has 0 aromatic heterocycles. The first kappa shape index (κ1) is 11.5. The molecular formula is C11H14BrFO. The van der Waals surface area contributed by atoms with Crippen molar-refractivity contribution < 1.29 is 9.13 Å². The molecule has 3 heteroatoms. The van der Waals surface area contributed by atoms with Gasteiger partial charge in [-0.25, -0.2) is 4.39 Å². The van der Waals surface area contributed by atoms with E-state index in [-0.39, 0.29) is 5.82 Å². The molecule has 1 nitrogen and oxygen atoms in total. The molecule has 0 aliphatic rings. The van der Waals surface area contributed by atoms with E-state index in [1.54, 1.807) is 12.1 Å². The average molecular weight is 261 g/mol. The van der Waals surface area contributed by atoms with E-state index in [0.717, 1.165) is 10.9 Å². The van der Waals surface area contributed by atoms with Gasteiger partial charge in [0.1, 0.15) is 0 Å². The first-order chi connectivity index (χ1) is 6.63. The van der Waals surface area contributed by atoms with Crippen molar-refractivity contribution in [3.8, 4) is 5.75 Å². The van der Waals surface area contributed by atoms with Crippen molar-refractivity contribution in [2.45, 2.75) is 20.3 Å². The van der Waals surface area contributed by atoms with Crippen LogP contribution >= 0.6 is 15.9 Å². The fourth-order valence-electron chi connectivity index (χ4n) is 0.938. The van der Waals surface area contributed by atoms with Gasteiger partial charge in [-0.05, 0) is 24.1 Å². The zero-order valence-corrected chi connectivity index (χ0v) is 9.97. The molecule has 0 aliphatic heterocycles. The van der Waals surface area contributed by atoms with E-state index in [1.165, 1.54) is 6.07 Å². The minimum atomic E-state index is -0.309. The number of halogens is 2. The Labute approximate surface area is 92.4 Å². The lowest BCUT2D eigenvalue weighted by molar-refractivity contribution is 0.246. The summed E-state index contributed by atoms with van der Waals surface area (Å²) in [6, 6.07) is 4.71. The largest absolute Gasteiger partial charge is 0.490 e. The summed E-state index contributed by atoms with van der Waals surface area (Å²) in [4.78, 5) is 0. The molecule has 0 N–H and O–H groups in total. The Balaban J connectivity index is 2.62. The van der Waals surface area contributed by atoms with Crippen LogP contribution in [0.2, 0.25) is 0 Å². The predicted octanol–water partition coefficient (Wildman–Crippen LogP) is 4.01. The molecular weight excluding hydrogens is 247 g/mol. The Morgan fingerprint density at radius 1 is 1.50 bits per heavy atom. The smallest absolute Gasteiger partial charge is 0.165 e. The first-order valence-corrected chi connectivity index (χ1v) is 5.50. The second-order valence-electron chi connectivity index (χ2n) is 3.40. The van der Waals surface area contributed by atoms with Crippen LogP contribution < -0.4 is 4.74 Å². The molecule has 0 aliphatic carbocycles. The molecule has 1 atom stereocenters. The summed E-state index contributed by atoms with van der Waals surface area (Å²) in [5, 5.41) is 0. The van der Waals surface area contributed by atoms with Crippen LogP contribution in [-0.4, -0.2) is 6.61 Å². The molecule has 78 valence electrons. The summed E-state index contributed by atoms with van der Waals surface area (Å²) in [6.45, 7) is 4.73. The van der Waals surface area contributed by atoms with Crippen LogP contribution in [0.25, 0.3) is 0 Å². The van der Waals surface area contributed by atoms with E-state index in [9.17, 15) is 4.39 Å². The average Bonchev–Trinajstić information content (AvgIpc) is 2.19. The van der Waals surface area contributed by atoms with E-state index in [0.29, 0.717) is 18.3 Å². The van der Waals surface area contributed by atoms with Crippen molar-refractivity contribution in [2.24, 2.45) is 5.92 Å². The van der Waals surface area contributed by atoms with Gasteiger partial charge in [-0.3, -0.25) is 0 Å². The molecule has 0 fully saturated rings. The topological polar surface area (TPSA) is 9.23 Å². The maximum Gasteiger partial charge on any atom is 0.165 e. The number of hydrogen-bond acceptors (Lipinski definition) is 1. The highest BCUT2D eigenvalue weighted by atomic mass is 79.9. The van der Waals surface area contributed by atoms with Crippen LogP contribution in [0.3, 0.4) is 0 Å². The number of hydrogen-bond donors (Lipinski definition) is 0. The summed E-state index contributed by atoms with van der Waals surface area (Å²) >= 11 is 3.27.